The fourth-order valence-corrected chi connectivity index (χ4v) is 4.61. The Balaban J connectivity index is 1.76. The lowest BCUT2D eigenvalue weighted by molar-refractivity contribution is 0.126. The SMILES string of the molecule is CC(Cl)CN1CC2CC3CC(C2)CC1C3. The molecule has 2 heteroatoms. The number of halogens is 1. The van der Waals surface area contributed by atoms with E-state index in [1.165, 1.54) is 38.6 Å². The van der Waals surface area contributed by atoms with Gasteiger partial charge < -0.3 is 0 Å². The molecule has 2 aliphatic heterocycles. The maximum atomic E-state index is 6.16. The van der Waals surface area contributed by atoms with Gasteiger partial charge in [-0.1, -0.05) is 0 Å². The highest BCUT2D eigenvalue weighted by Crippen LogP contribution is 2.47. The fraction of sp³-hybridized carbons (Fsp3) is 1.00. The molecule has 0 aromatic carbocycles. The summed E-state index contributed by atoms with van der Waals surface area (Å²) < 4.78 is 0. The van der Waals surface area contributed by atoms with Crippen LogP contribution in [0.2, 0.25) is 0 Å². The second-order valence-corrected chi connectivity index (χ2v) is 6.91. The summed E-state index contributed by atoms with van der Waals surface area (Å²) in [5.41, 5.74) is 0. The van der Waals surface area contributed by atoms with E-state index in [1.807, 2.05) is 0 Å². The van der Waals surface area contributed by atoms with Crippen molar-refractivity contribution in [2.75, 3.05) is 13.1 Å². The molecule has 86 valence electrons. The van der Waals surface area contributed by atoms with Gasteiger partial charge in [-0.3, -0.25) is 4.90 Å². The molecule has 0 amide bonds. The van der Waals surface area contributed by atoms with Crippen molar-refractivity contribution in [3.05, 3.63) is 0 Å². The lowest BCUT2D eigenvalue weighted by atomic mass is 9.68. The molecule has 0 radical (unpaired) electrons. The van der Waals surface area contributed by atoms with Crippen molar-refractivity contribution >= 4 is 11.6 Å². The second-order valence-electron chi connectivity index (χ2n) is 6.17. The van der Waals surface area contributed by atoms with E-state index in [0.29, 0.717) is 5.38 Å². The molecule has 3 atom stereocenters. The van der Waals surface area contributed by atoms with Gasteiger partial charge >= 0.3 is 0 Å². The molecule has 4 bridgehead atoms. The quantitative estimate of drug-likeness (QED) is 0.656. The Morgan fingerprint density at radius 1 is 1.07 bits per heavy atom. The largest absolute Gasteiger partial charge is 0.299 e. The van der Waals surface area contributed by atoms with E-state index >= 15 is 0 Å². The second kappa shape index (κ2) is 3.92. The van der Waals surface area contributed by atoms with Gasteiger partial charge in [-0.15, -0.1) is 11.6 Å². The highest BCUT2D eigenvalue weighted by molar-refractivity contribution is 6.20. The zero-order valence-corrected chi connectivity index (χ0v) is 10.4. The van der Waals surface area contributed by atoms with Crippen molar-refractivity contribution in [2.24, 2.45) is 17.8 Å². The smallest absolute Gasteiger partial charge is 0.0435 e. The third-order valence-electron chi connectivity index (χ3n) is 4.71. The number of alkyl halides is 1. The van der Waals surface area contributed by atoms with Crippen LogP contribution in [-0.2, 0) is 0 Å². The first kappa shape index (κ1) is 10.4. The maximum Gasteiger partial charge on any atom is 0.0435 e. The zero-order chi connectivity index (χ0) is 10.4. The van der Waals surface area contributed by atoms with Gasteiger partial charge in [-0.2, -0.15) is 0 Å². The van der Waals surface area contributed by atoms with E-state index in [9.17, 15) is 0 Å². The van der Waals surface area contributed by atoms with Gasteiger partial charge in [0.15, 0.2) is 0 Å². The van der Waals surface area contributed by atoms with Crippen LogP contribution in [0.3, 0.4) is 0 Å². The molecule has 15 heavy (non-hydrogen) atoms. The van der Waals surface area contributed by atoms with Crippen LogP contribution in [0.5, 0.6) is 0 Å². The molecule has 2 saturated heterocycles. The molecule has 0 spiro atoms. The Hall–Kier alpha value is 0.250. The van der Waals surface area contributed by atoms with Gasteiger partial charge in [0.05, 0.1) is 0 Å². The van der Waals surface area contributed by atoms with Crippen molar-refractivity contribution < 1.29 is 0 Å². The van der Waals surface area contributed by atoms with E-state index in [4.69, 9.17) is 11.6 Å². The Kier molecular flexibility index (Phi) is 2.72. The summed E-state index contributed by atoms with van der Waals surface area (Å²) in [6, 6.07) is 0.877. The highest BCUT2D eigenvalue weighted by atomic mass is 35.5. The summed E-state index contributed by atoms with van der Waals surface area (Å²) in [6.07, 6.45) is 7.50. The third kappa shape index (κ3) is 2.06. The van der Waals surface area contributed by atoms with Crippen LogP contribution < -0.4 is 0 Å². The number of hydrogen-bond donors (Lipinski definition) is 0. The molecule has 0 aromatic heterocycles. The van der Waals surface area contributed by atoms with E-state index in [-0.39, 0.29) is 0 Å². The zero-order valence-electron chi connectivity index (χ0n) is 9.66. The minimum absolute atomic E-state index is 0.320. The molecular weight excluding hydrogens is 206 g/mol. The Morgan fingerprint density at radius 3 is 2.27 bits per heavy atom. The summed E-state index contributed by atoms with van der Waals surface area (Å²) in [6.45, 7) is 4.59. The molecule has 0 aromatic rings. The summed E-state index contributed by atoms with van der Waals surface area (Å²) in [4.78, 5) is 2.71. The van der Waals surface area contributed by atoms with Gasteiger partial charge in [0.25, 0.3) is 0 Å². The van der Waals surface area contributed by atoms with E-state index in [2.05, 4.69) is 11.8 Å². The van der Waals surface area contributed by atoms with E-state index in [1.54, 1.807) is 0 Å². The van der Waals surface area contributed by atoms with Gasteiger partial charge in [-0.25, -0.2) is 0 Å². The summed E-state index contributed by atoms with van der Waals surface area (Å²) in [5.74, 6) is 3.11. The van der Waals surface area contributed by atoms with Crippen molar-refractivity contribution in [3.63, 3.8) is 0 Å². The van der Waals surface area contributed by atoms with Crippen molar-refractivity contribution in [2.45, 2.75) is 50.4 Å². The van der Waals surface area contributed by atoms with Gasteiger partial charge in [0.1, 0.15) is 0 Å². The number of hydrogen-bond acceptors (Lipinski definition) is 1. The maximum absolute atomic E-state index is 6.16. The lowest BCUT2D eigenvalue weighted by Crippen LogP contribution is -2.40. The molecule has 4 rings (SSSR count). The third-order valence-corrected chi connectivity index (χ3v) is 4.84. The number of rotatable bonds is 2. The molecule has 3 unspecified atom stereocenters. The number of fused-ring (bicyclic) bond motifs is 1. The van der Waals surface area contributed by atoms with Crippen molar-refractivity contribution in [3.8, 4) is 0 Å². The molecule has 2 heterocycles. The normalized spacial score (nSPS) is 46.8. The van der Waals surface area contributed by atoms with Crippen LogP contribution in [0.1, 0.15) is 39.0 Å². The molecule has 2 saturated carbocycles. The van der Waals surface area contributed by atoms with Crippen molar-refractivity contribution in [1.82, 2.24) is 4.90 Å². The summed E-state index contributed by atoms with van der Waals surface area (Å²) in [7, 11) is 0. The average Bonchev–Trinajstić information content (AvgIpc) is 2.30. The highest BCUT2D eigenvalue weighted by Gasteiger charge is 2.42. The Bertz CT molecular complexity index is 227. The van der Waals surface area contributed by atoms with E-state index < -0.39 is 0 Å². The Labute approximate surface area is 98.2 Å². The van der Waals surface area contributed by atoms with Crippen LogP contribution in [0.4, 0.5) is 0 Å². The van der Waals surface area contributed by atoms with E-state index in [0.717, 1.165) is 30.3 Å². The Morgan fingerprint density at radius 2 is 1.67 bits per heavy atom. The van der Waals surface area contributed by atoms with Gasteiger partial charge in [-0.05, 0) is 56.8 Å². The monoisotopic (exact) mass is 227 g/mol. The van der Waals surface area contributed by atoms with Crippen molar-refractivity contribution in [1.29, 1.82) is 0 Å². The molecule has 1 nitrogen and oxygen atoms in total. The molecule has 0 N–H and O–H groups in total. The molecular formula is C13H22ClN. The van der Waals surface area contributed by atoms with Gasteiger partial charge in [0, 0.05) is 24.5 Å². The van der Waals surface area contributed by atoms with Gasteiger partial charge in [0.2, 0.25) is 0 Å². The predicted octanol–water partition coefficient (Wildman–Crippen LogP) is 3.12. The van der Waals surface area contributed by atoms with Crippen LogP contribution in [0.25, 0.3) is 0 Å². The average molecular weight is 228 g/mol. The molecule has 4 fully saturated rings. The summed E-state index contributed by atoms with van der Waals surface area (Å²) in [5, 5.41) is 0.320. The number of nitrogens with zero attached hydrogens (tertiary/aromatic N) is 1. The molecule has 2 aliphatic carbocycles. The predicted molar refractivity (Wildman–Crippen MR) is 64.2 cm³/mol. The van der Waals surface area contributed by atoms with Crippen LogP contribution in [0.15, 0.2) is 0 Å². The summed E-state index contributed by atoms with van der Waals surface area (Å²) >= 11 is 6.16. The minimum atomic E-state index is 0.320. The topological polar surface area (TPSA) is 3.24 Å². The standard InChI is InChI=1S/C13H22ClN/c1-9(14)7-15-8-12-3-10-2-11(4-12)6-13(15)5-10/h9-13H,2-8H2,1H3. The first-order chi connectivity index (χ1) is 7.20. The van der Waals surface area contributed by atoms with Crippen LogP contribution in [0, 0.1) is 17.8 Å². The fourth-order valence-electron chi connectivity index (χ4n) is 4.43. The lowest BCUT2D eigenvalue weighted by Gasteiger charge is -2.39. The molecule has 4 aliphatic rings. The first-order valence-electron chi connectivity index (χ1n) is 6.59. The minimum Gasteiger partial charge on any atom is -0.299 e. The van der Waals surface area contributed by atoms with Crippen LogP contribution >= 0.6 is 11.6 Å². The van der Waals surface area contributed by atoms with Crippen LogP contribution in [-0.4, -0.2) is 29.4 Å². The first-order valence-corrected chi connectivity index (χ1v) is 7.02.